The Bertz CT molecular complexity index is 716. The summed E-state index contributed by atoms with van der Waals surface area (Å²) < 4.78 is 6.99. The molecule has 2 aliphatic rings. The van der Waals surface area contributed by atoms with E-state index in [9.17, 15) is 10.1 Å². The highest BCUT2D eigenvalue weighted by Crippen LogP contribution is 2.30. The van der Waals surface area contributed by atoms with E-state index in [1.54, 1.807) is 10.6 Å². The van der Waals surface area contributed by atoms with Crippen LogP contribution < -0.4 is 5.32 Å². The summed E-state index contributed by atoms with van der Waals surface area (Å²) in [6.07, 6.45) is 4.82. The zero-order valence-corrected chi connectivity index (χ0v) is 14.2. The van der Waals surface area contributed by atoms with E-state index >= 15 is 0 Å². The Kier molecular flexibility index (Phi) is 4.38. The Hall–Kier alpha value is -1.71. The second-order valence-electron chi connectivity index (χ2n) is 6.55. The van der Waals surface area contributed by atoms with Crippen LogP contribution in [0, 0.1) is 16.0 Å². The third-order valence-corrected chi connectivity index (χ3v) is 5.64. The molecule has 4 rings (SSSR count). The van der Waals surface area contributed by atoms with Gasteiger partial charge in [-0.25, -0.2) is 0 Å². The first kappa shape index (κ1) is 15.8. The normalized spacial score (nSPS) is 23.1. The fraction of sp³-hybridized carbons (Fsp3) is 0.667. The maximum absolute atomic E-state index is 11.4. The highest BCUT2D eigenvalue weighted by molar-refractivity contribution is 7.15. The largest absolute Gasteiger partial charge is 0.381 e. The molecule has 1 atom stereocenters. The van der Waals surface area contributed by atoms with Crippen LogP contribution in [-0.4, -0.2) is 58.1 Å². The molecule has 2 aromatic heterocycles. The zero-order valence-electron chi connectivity index (χ0n) is 13.4. The topological polar surface area (TPSA) is 84.9 Å². The number of fused-ring (bicyclic) bond motifs is 1. The van der Waals surface area contributed by atoms with Crippen molar-refractivity contribution in [3.8, 4) is 0 Å². The average molecular weight is 351 g/mol. The highest BCUT2D eigenvalue weighted by Gasteiger charge is 2.28. The van der Waals surface area contributed by atoms with Gasteiger partial charge in [0.25, 0.3) is 4.96 Å². The molecule has 2 fully saturated rings. The van der Waals surface area contributed by atoms with Crippen LogP contribution in [0.3, 0.4) is 0 Å². The van der Waals surface area contributed by atoms with Crippen molar-refractivity contribution < 1.29 is 9.66 Å². The first-order valence-corrected chi connectivity index (χ1v) is 9.25. The number of aromatic nitrogens is 2. The molecule has 0 spiro atoms. The number of rotatable bonds is 5. The highest BCUT2D eigenvalue weighted by atomic mass is 32.1. The molecule has 4 heterocycles. The maximum atomic E-state index is 11.4. The van der Waals surface area contributed by atoms with Crippen LogP contribution in [0.25, 0.3) is 4.96 Å². The van der Waals surface area contributed by atoms with Gasteiger partial charge < -0.3 is 25.1 Å². The lowest BCUT2D eigenvalue weighted by Gasteiger charge is -2.33. The minimum atomic E-state index is -0.357. The van der Waals surface area contributed by atoms with E-state index < -0.39 is 0 Å². The van der Waals surface area contributed by atoms with Gasteiger partial charge in [-0.1, -0.05) is 11.3 Å². The molecular weight excluding hydrogens is 330 g/mol. The van der Waals surface area contributed by atoms with Gasteiger partial charge in [-0.3, -0.25) is 0 Å². The van der Waals surface area contributed by atoms with Crippen LogP contribution >= 0.6 is 11.3 Å². The van der Waals surface area contributed by atoms with Gasteiger partial charge in [-0.15, -0.1) is 0 Å². The number of piperidine rings is 1. The summed E-state index contributed by atoms with van der Waals surface area (Å²) in [5, 5.41) is 16.5. The van der Waals surface area contributed by atoms with Crippen LogP contribution in [0.5, 0.6) is 0 Å². The lowest BCUT2D eigenvalue weighted by atomic mass is 10.0. The monoisotopic (exact) mass is 351 g/mol. The first-order valence-electron chi connectivity index (χ1n) is 8.37. The molecule has 130 valence electrons. The minimum absolute atomic E-state index is 0.0387. The number of hydrogen-bond acceptors (Lipinski definition) is 7. The molecular formula is C15H21N5O3S. The lowest BCUT2D eigenvalue weighted by molar-refractivity contribution is -0.389. The Labute approximate surface area is 143 Å². The maximum Gasteiger partial charge on any atom is 0.372 e. The summed E-state index contributed by atoms with van der Waals surface area (Å²) in [5.74, 6) is 1.10. The van der Waals surface area contributed by atoms with Crippen molar-refractivity contribution in [1.29, 1.82) is 0 Å². The molecule has 0 aliphatic carbocycles. The SMILES string of the molecule is O=[N+]([O-])c1c(NC2CCN(CC3CCOC3)CC2)nc2sccn12. The smallest absolute Gasteiger partial charge is 0.372 e. The third-order valence-electron chi connectivity index (χ3n) is 4.88. The third kappa shape index (κ3) is 3.11. The number of likely N-dealkylation sites (tertiary alicyclic amines) is 1. The van der Waals surface area contributed by atoms with E-state index in [0.717, 1.165) is 52.1 Å². The quantitative estimate of drug-likeness (QED) is 0.657. The van der Waals surface area contributed by atoms with Crippen molar-refractivity contribution in [1.82, 2.24) is 14.3 Å². The molecule has 24 heavy (non-hydrogen) atoms. The van der Waals surface area contributed by atoms with Gasteiger partial charge in [-0.05, 0) is 30.1 Å². The molecule has 8 nitrogen and oxygen atoms in total. The molecule has 0 radical (unpaired) electrons. The van der Waals surface area contributed by atoms with Crippen LogP contribution in [-0.2, 0) is 4.74 Å². The Morgan fingerprint density at radius 3 is 2.96 bits per heavy atom. The van der Waals surface area contributed by atoms with Crippen molar-refractivity contribution in [2.45, 2.75) is 25.3 Å². The van der Waals surface area contributed by atoms with E-state index in [1.807, 2.05) is 5.38 Å². The second kappa shape index (κ2) is 6.66. The van der Waals surface area contributed by atoms with Crippen LogP contribution in [0.15, 0.2) is 11.6 Å². The summed E-state index contributed by atoms with van der Waals surface area (Å²) in [7, 11) is 0. The number of nitro groups is 1. The zero-order chi connectivity index (χ0) is 16.5. The van der Waals surface area contributed by atoms with Crippen LogP contribution in [0.2, 0.25) is 0 Å². The molecule has 9 heteroatoms. The fourth-order valence-corrected chi connectivity index (χ4v) is 4.30. The number of nitrogens with one attached hydrogen (secondary N) is 1. The number of nitrogens with zero attached hydrogens (tertiary/aromatic N) is 4. The molecule has 1 N–H and O–H groups in total. The molecule has 2 saturated heterocycles. The number of imidazole rings is 1. The van der Waals surface area contributed by atoms with Gasteiger partial charge in [0.1, 0.15) is 6.20 Å². The van der Waals surface area contributed by atoms with Gasteiger partial charge in [0.15, 0.2) is 0 Å². The van der Waals surface area contributed by atoms with Gasteiger partial charge in [-0.2, -0.15) is 9.38 Å². The van der Waals surface area contributed by atoms with Gasteiger partial charge >= 0.3 is 5.82 Å². The second-order valence-corrected chi connectivity index (χ2v) is 7.42. The predicted octanol–water partition coefficient (Wildman–Crippen LogP) is 2.22. The molecule has 0 bridgehead atoms. The number of ether oxygens (including phenoxy) is 1. The molecule has 1 unspecified atom stereocenters. The van der Waals surface area contributed by atoms with Crippen molar-refractivity contribution >= 4 is 27.9 Å². The summed E-state index contributed by atoms with van der Waals surface area (Å²) >= 11 is 1.41. The van der Waals surface area contributed by atoms with E-state index in [4.69, 9.17) is 4.74 Å². The molecule has 0 aromatic carbocycles. The summed E-state index contributed by atoms with van der Waals surface area (Å²) in [6.45, 7) is 4.92. The van der Waals surface area contributed by atoms with Crippen molar-refractivity contribution in [2.24, 2.45) is 5.92 Å². The Balaban J connectivity index is 1.37. The summed E-state index contributed by atoms with van der Waals surface area (Å²) in [6, 6.07) is 0.240. The van der Waals surface area contributed by atoms with Crippen molar-refractivity contribution in [2.75, 3.05) is 38.2 Å². The van der Waals surface area contributed by atoms with E-state index in [0.29, 0.717) is 16.7 Å². The average Bonchev–Trinajstić information content (AvgIpc) is 3.26. The fourth-order valence-electron chi connectivity index (χ4n) is 3.59. The van der Waals surface area contributed by atoms with Crippen LogP contribution in [0.1, 0.15) is 19.3 Å². The molecule has 2 aromatic rings. The van der Waals surface area contributed by atoms with Gasteiger partial charge in [0.05, 0.1) is 6.61 Å². The van der Waals surface area contributed by atoms with Crippen molar-refractivity contribution in [3.63, 3.8) is 0 Å². The Morgan fingerprint density at radius 1 is 1.42 bits per heavy atom. The molecule has 0 saturated carbocycles. The molecule has 2 aliphatic heterocycles. The Morgan fingerprint density at radius 2 is 2.25 bits per heavy atom. The van der Waals surface area contributed by atoms with Crippen molar-refractivity contribution in [3.05, 3.63) is 21.7 Å². The van der Waals surface area contributed by atoms with Gasteiger partial charge in [0, 0.05) is 37.7 Å². The number of hydrogen-bond donors (Lipinski definition) is 1. The number of thiazole rings is 1. The summed E-state index contributed by atoms with van der Waals surface area (Å²) in [4.78, 5) is 18.5. The summed E-state index contributed by atoms with van der Waals surface area (Å²) in [5.41, 5.74) is 0. The molecule has 0 amide bonds. The first-order chi connectivity index (χ1) is 11.7. The van der Waals surface area contributed by atoms with Crippen LogP contribution in [0.4, 0.5) is 11.6 Å². The predicted molar refractivity (Wildman–Crippen MR) is 91.7 cm³/mol. The lowest BCUT2D eigenvalue weighted by Crippen LogP contribution is -2.41. The minimum Gasteiger partial charge on any atom is -0.381 e. The van der Waals surface area contributed by atoms with E-state index in [2.05, 4.69) is 15.2 Å². The van der Waals surface area contributed by atoms with Gasteiger partial charge in [0.2, 0.25) is 5.82 Å². The van der Waals surface area contributed by atoms with E-state index in [1.165, 1.54) is 11.3 Å². The standard InChI is InChI=1S/C15H21N5O3S/c21-20(22)14-13(17-15-19(14)6-8-24-15)16-12-1-4-18(5-2-12)9-11-3-7-23-10-11/h6,8,11-12,16H,1-5,7,9-10H2. The van der Waals surface area contributed by atoms with E-state index in [-0.39, 0.29) is 16.8 Å². The number of anilines is 1.